The Morgan fingerprint density at radius 3 is 2.85 bits per heavy atom. The number of amides is 1. The Morgan fingerprint density at radius 1 is 1.31 bits per heavy atom. The topological polar surface area (TPSA) is 94.7 Å². The monoisotopic (exact) mass is 352 g/mol. The van der Waals surface area contributed by atoms with Gasteiger partial charge in [0.05, 0.1) is 23.3 Å². The number of aromatic nitrogens is 5. The normalized spacial score (nSPS) is 15.1. The molecule has 26 heavy (non-hydrogen) atoms. The molecule has 3 aromatic rings. The van der Waals surface area contributed by atoms with Crippen molar-refractivity contribution in [2.45, 2.75) is 31.8 Å². The third kappa shape index (κ3) is 3.22. The first-order chi connectivity index (χ1) is 12.6. The molecule has 0 radical (unpaired) electrons. The summed E-state index contributed by atoms with van der Waals surface area (Å²) in [5.74, 6) is 1.07. The molecular formula is C18H20N6O2. The van der Waals surface area contributed by atoms with Crippen LogP contribution in [0.15, 0.2) is 41.7 Å². The fourth-order valence-electron chi connectivity index (χ4n) is 3.14. The zero-order chi connectivity index (χ0) is 18.1. The SMILES string of the molecule is Cn1ncnc1[C@@H](NC(=O)CCn1cnc2ccccc2c1=O)C1CC1. The van der Waals surface area contributed by atoms with E-state index in [0.29, 0.717) is 23.4 Å². The maximum absolute atomic E-state index is 12.5. The standard InChI is InChI=1S/C18H20N6O2/c1-23-17(19-10-21-23)16(12-6-7-12)22-15(25)8-9-24-11-20-14-5-3-2-4-13(14)18(24)26/h2-5,10-12,16H,6-9H2,1H3,(H,22,25)/t16-/m0/s1. The van der Waals surface area contributed by atoms with E-state index in [9.17, 15) is 9.59 Å². The largest absolute Gasteiger partial charge is 0.346 e. The minimum Gasteiger partial charge on any atom is -0.346 e. The Morgan fingerprint density at radius 2 is 2.12 bits per heavy atom. The fourth-order valence-corrected chi connectivity index (χ4v) is 3.14. The smallest absolute Gasteiger partial charge is 0.261 e. The van der Waals surface area contributed by atoms with Crippen LogP contribution in [0.25, 0.3) is 10.9 Å². The number of fused-ring (bicyclic) bond motifs is 1. The summed E-state index contributed by atoms with van der Waals surface area (Å²) in [4.78, 5) is 33.5. The van der Waals surface area contributed by atoms with Crippen LogP contribution in [0.1, 0.15) is 31.1 Å². The third-order valence-corrected chi connectivity index (χ3v) is 4.75. The summed E-state index contributed by atoms with van der Waals surface area (Å²) >= 11 is 0. The summed E-state index contributed by atoms with van der Waals surface area (Å²) in [6, 6.07) is 7.08. The number of hydrogen-bond acceptors (Lipinski definition) is 5. The lowest BCUT2D eigenvalue weighted by atomic mass is 10.1. The summed E-state index contributed by atoms with van der Waals surface area (Å²) in [6.07, 6.45) is 5.36. The lowest BCUT2D eigenvalue weighted by Gasteiger charge is -2.17. The van der Waals surface area contributed by atoms with Crippen LogP contribution in [0.5, 0.6) is 0 Å². The Hall–Kier alpha value is -3.03. The van der Waals surface area contributed by atoms with Crippen LogP contribution < -0.4 is 10.9 Å². The summed E-state index contributed by atoms with van der Waals surface area (Å²) in [7, 11) is 1.82. The van der Waals surface area contributed by atoms with Crippen molar-refractivity contribution in [2.75, 3.05) is 0 Å². The fraction of sp³-hybridized carbons (Fsp3) is 0.389. The summed E-state index contributed by atoms with van der Waals surface area (Å²) in [6.45, 7) is 0.290. The van der Waals surface area contributed by atoms with Gasteiger partial charge in [0.2, 0.25) is 5.91 Å². The summed E-state index contributed by atoms with van der Waals surface area (Å²) in [5, 5.41) is 7.70. The molecule has 0 unspecified atom stereocenters. The first-order valence-electron chi connectivity index (χ1n) is 8.71. The molecule has 8 nitrogen and oxygen atoms in total. The Balaban J connectivity index is 1.45. The molecule has 134 valence electrons. The second-order valence-corrected chi connectivity index (χ2v) is 6.63. The van der Waals surface area contributed by atoms with E-state index in [1.165, 1.54) is 17.2 Å². The van der Waals surface area contributed by atoms with Crippen LogP contribution in [0, 0.1) is 5.92 Å². The zero-order valence-electron chi connectivity index (χ0n) is 14.5. The van der Waals surface area contributed by atoms with Gasteiger partial charge in [0, 0.05) is 20.0 Å². The lowest BCUT2D eigenvalue weighted by Crippen LogP contribution is -2.33. The summed E-state index contributed by atoms with van der Waals surface area (Å²) < 4.78 is 3.18. The van der Waals surface area contributed by atoms with E-state index in [0.717, 1.165) is 18.7 Å². The molecule has 1 aromatic carbocycles. The molecule has 1 aliphatic rings. The number of para-hydroxylation sites is 1. The molecule has 2 aromatic heterocycles. The van der Waals surface area contributed by atoms with Gasteiger partial charge >= 0.3 is 0 Å². The Labute approximate surface area is 149 Å². The predicted octanol–water partition coefficient (Wildman–Crippen LogP) is 1.18. The number of carbonyl (C=O) groups is 1. The molecule has 0 saturated heterocycles. The Kier molecular flexibility index (Phi) is 4.24. The van der Waals surface area contributed by atoms with E-state index in [1.54, 1.807) is 16.8 Å². The van der Waals surface area contributed by atoms with Gasteiger partial charge in [-0.3, -0.25) is 18.8 Å². The van der Waals surface area contributed by atoms with Gasteiger partial charge in [0.15, 0.2) is 0 Å². The number of rotatable bonds is 6. The maximum atomic E-state index is 12.5. The van der Waals surface area contributed by atoms with Crippen molar-refractivity contribution in [1.29, 1.82) is 0 Å². The first kappa shape index (κ1) is 16.4. The van der Waals surface area contributed by atoms with Crippen LogP contribution in [0.3, 0.4) is 0 Å². The molecule has 4 rings (SSSR count). The lowest BCUT2D eigenvalue weighted by molar-refractivity contribution is -0.122. The highest BCUT2D eigenvalue weighted by Crippen LogP contribution is 2.40. The molecule has 0 bridgehead atoms. The van der Waals surface area contributed by atoms with Crippen LogP contribution in [-0.4, -0.2) is 30.2 Å². The molecule has 2 heterocycles. The number of carbonyl (C=O) groups excluding carboxylic acids is 1. The molecule has 1 atom stereocenters. The van der Waals surface area contributed by atoms with E-state index in [1.807, 2.05) is 19.2 Å². The first-order valence-corrected chi connectivity index (χ1v) is 8.71. The van der Waals surface area contributed by atoms with E-state index < -0.39 is 0 Å². The number of hydrogen-bond donors (Lipinski definition) is 1. The van der Waals surface area contributed by atoms with Gasteiger partial charge in [-0.1, -0.05) is 12.1 Å². The average Bonchev–Trinajstić information content (AvgIpc) is 3.40. The highest BCUT2D eigenvalue weighted by Gasteiger charge is 2.35. The highest BCUT2D eigenvalue weighted by atomic mass is 16.2. The summed E-state index contributed by atoms with van der Waals surface area (Å²) in [5.41, 5.74) is 0.532. The second-order valence-electron chi connectivity index (χ2n) is 6.63. The van der Waals surface area contributed by atoms with Crippen molar-refractivity contribution in [1.82, 2.24) is 29.6 Å². The molecule has 0 aliphatic heterocycles. The van der Waals surface area contributed by atoms with Crippen LogP contribution in [0.4, 0.5) is 0 Å². The maximum Gasteiger partial charge on any atom is 0.261 e. The minimum absolute atomic E-state index is 0.107. The van der Waals surface area contributed by atoms with Gasteiger partial charge in [0.1, 0.15) is 12.2 Å². The number of nitrogens with zero attached hydrogens (tertiary/aromatic N) is 5. The molecular weight excluding hydrogens is 332 g/mol. The van der Waals surface area contributed by atoms with Crippen molar-refractivity contribution < 1.29 is 4.79 Å². The van der Waals surface area contributed by atoms with Crippen molar-refractivity contribution in [3.8, 4) is 0 Å². The van der Waals surface area contributed by atoms with Crippen molar-refractivity contribution >= 4 is 16.8 Å². The van der Waals surface area contributed by atoms with Crippen LogP contribution in [0.2, 0.25) is 0 Å². The van der Waals surface area contributed by atoms with Gasteiger partial charge in [0.25, 0.3) is 5.56 Å². The highest BCUT2D eigenvalue weighted by molar-refractivity contribution is 5.77. The second kappa shape index (κ2) is 6.70. The van der Waals surface area contributed by atoms with E-state index in [-0.39, 0.29) is 23.9 Å². The Bertz CT molecular complexity index is 1000. The van der Waals surface area contributed by atoms with Gasteiger partial charge in [-0.25, -0.2) is 9.97 Å². The zero-order valence-corrected chi connectivity index (χ0v) is 14.5. The van der Waals surface area contributed by atoms with E-state index >= 15 is 0 Å². The van der Waals surface area contributed by atoms with E-state index in [2.05, 4.69) is 20.4 Å². The van der Waals surface area contributed by atoms with Crippen LogP contribution >= 0.6 is 0 Å². The van der Waals surface area contributed by atoms with E-state index in [4.69, 9.17) is 0 Å². The van der Waals surface area contributed by atoms with Crippen molar-refractivity contribution in [3.63, 3.8) is 0 Å². The molecule has 1 saturated carbocycles. The van der Waals surface area contributed by atoms with Gasteiger partial charge < -0.3 is 5.32 Å². The predicted molar refractivity (Wildman–Crippen MR) is 95.2 cm³/mol. The van der Waals surface area contributed by atoms with Gasteiger partial charge in [-0.05, 0) is 30.9 Å². The quantitative estimate of drug-likeness (QED) is 0.719. The van der Waals surface area contributed by atoms with Crippen LogP contribution in [-0.2, 0) is 18.4 Å². The number of aryl methyl sites for hydroxylation is 2. The van der Waals surface area contributed by atoms with Gasteiger partial charge in [-0.2, -0.15) is 5.10 Å². The molecule has 0 spiro atoms. The molecule has 1 fully saturated rings. The minimum atomic E-state index is -0.129. The molecule has 1 aliphatic carbocycles. The molecule has 1 amide bonds. The molecule has 1 N–H and O–H groups in total. The third-order valence-electron chi connectivity index (χ3n) is 4.75. The number of nitrogens with one attached hydrogen (secondary N) is 1. The average molecular weight is 352 g/mol. The number of benzene rings is 1. The van der Waals surface area contributed by atoms with Crippen molar-refractivity contribution in [3.05, 3.63) is 53.1 Å². The van der Waals surface area contributed by atoms with Gasteiger partial charge in [-0.15, -0.1) is 0 Å². The molecule has 8 heteroatoms. The van der Waals surface area contributed by atoms with Crippen molar-refractivity contribution in [2.24, 2.45) is 13.0 Å².